The summed E-state index contributed by atoms with van der Waals surface area (Å²) in [7, 11) is 0. The molecule has 0 aromatic rings. The van der Waals surface area contributed by atoms with E-state index in [1.54, 1.807) is 6.92 Å². The molecule has 4 saturated carbocycles. The van der Waals surface area contributed by atoms with Gasteiger partial charge in [0.1, 0.15) is 17.8 Å². The fraction of sp³-hybridized carbons (Fsp3) is 1.00. The van der Waals surface area contributed by atoms with Crippen molar-refractivity contribution in [1.82, 2.24) is 4.90 Å². The lowest BCUT2D eigenvalue weighted by Crippen LogP contribution is -2.77. The molecule has 7 fully saturated rings. The van der Waals surface area contributed by atoms with Gasteiger partial charge in [0.2, 0.25) is 0 Å². The average molecular weight is 526 g/mol. The van der Waals surface area contributed by atoms with Crippen LogP contribution in [-0.4, -0.2) is 118 Å². The highest BCUT2D eigenvalue weighted by Gasteiger charge is 2.88. The van der Waals surface area contributed by atoms with Crippen LogP contribution in [0.3, 0.4) is 0 Å². The minimum absolute atomic E-state index is 0.174. The molecular weight excluding hydrogens is 482 g/mol. The summed E-state index contributed by atoms with van der Waals surface area (Å²) in [5.41, 5.74) is -5.58. The average Bonchev–Trinajstić information content (AvgIpc) is 3.13. The SMILES string of the molecule is C[C@H]1CC[C@@H]2N(C1)C[C@@H]1[C@H]([C@@H](O)[C@H](O)[C@]3(O)[C@H]1C[C@@]14O[C@]5(O)[C@@H]([C@@H](O)[C@@H](O)[C@@H]31)[C@]4(C)CC[C@@H]5O)[C@]2(C)O. The second kappa shape index (κ2) is 7.26. The van der Waals surface area contributed by atoms with Crippen molar-refractivity contribution < 1.29 is 45.6 Å². The molecule has 4 bridgehead atoms. The van der Waals surface area contributed by atoms with E-state index in [1.165, 1.54) is 0 Å². The van der Waals surface area contributed by atoms with Crippen molar-refractivity contribution in [2.45, 2.75) is 112 Å². The molecule has 0 radical (unpaired) electrons. The molecule has 10 heteroatoms. The Balaban J connectivity index is 1.39. The van der Waals surface area contributed by atoms with Gasteiger partial charge in [-0.2, -0.15) is 0 Å². The first kappa shape index (κ1) is 25.6. The maximum atomic E-state index is 12.5. The zero-order valence-corrected chi connectivity index (χ0v) is 21.8. The number of aliphatic hydroxyl groups excluding tert-OH is 5. The Kier molecular flexibility index (Phi) is 5.02. The fourth-order valence-electron chi connectivity index (χ4n) is 11.4. The molecule has 0 aromatic heterocycles. The number of aliphatic hydroxyl groups is 8. The Morgan fingerprint density at radius 1 is 0.838 bits per heavy atom. The van der Waals surface area contributed by atoms with E-state index in [0.29, 0.717) is 18.9 Å². The summed E-state index contributed by atoms with van der Waals surface area (Å²) in [5, 5.41) is 92.8. The van der Waals surface area contributed by atoms with E-state index >= 15 is 0 Å². The Labute approximate surface area is 216 Å². The van der Waals surface area contributed by atoms with Crippen molar-refractivity contribution >= 4 is 0 Å². The Hall–Kier alpha value is -0.400. The predicted molar refractivity (Wildman–Crippen MR) is 128 cm³/mol. The van der Waals surface area contributed by atoms with Crippen LogP contribution in [0, 0.1) is 40.9 Å². The topological polar surface area (TPSA) is 174 Å². The van der Waals surface area contributed by atoms with Gasteiger partial charge in [-0.25, -0.2) is 0 Å². The number of nitrogens with zero attached hydrogens (tertiary/aromatic N) is 1. The van der Waals surface area contributed by atoms with Crippen LogP contribution in [0.4, 0.5) is 0 Å². The van der Waals surface area contributed by atoms with Gasteiger partial charge in [-0.15, -0.1) is 0 Å². The smallest absolute Gasteiger partial charge is 0.198 e. The second-order valence-electron chi connectivity index (χ2n) is 14.4. The van der Waals surface area contributed by atoms with E-state index in [2.05, 4.69) is 11.8 Å². The second-order valence-corrected chi connectivity index (χ2v) is 14.4. The van der Waals surface area contributed by atoms with Crippen molar-refractivity contribution in [3.63, 3.8) is 0 Å². The molecule has 3 aliphatic heterocycles. The van der Waals surface area contributed by atoms with E-state index in [4.69, 9.17) is 4.74 Å². The first-order valence-corrected chi connectivity index (χ1v) is 14.2. The van der Waals surface area contributed by atoms with E-state index in [-0.39, 0.29) is 18.9 Å². The van der Waals surface area contributed by atoms with Crippen molar-refractivity contribution in [3.05, 3.63) is 0 Å². The van der Waals surface area contributed by atoms with Crippen LogP contribution in [0.15, 0.2) is 0 Å². The molecule has 1 spiro atoms. The standard InChI is InChI=1S/C27H43NO9/c1-11-4-5-14-24(3,34)16-12(10-28(14)9-11)13-8-25-21(26(13,35)22(33)17(16)30)19(32)18(31)20-23(25,2)7-6-15(29)27(20,36)37-25/h11-22,29-36H,4-10H2,1-3H3/t11-,12-,13-,14-,15-,16+,17+,18-,19+,20-,21+,22-,23-,24+,25+,26-,27-/m0/s1. The summed E-state index contributed by atoms with van der Waals surface area (Å²) < 4.78 is 6.42. The molecular formula is C27H43NO9. The number of fused-ring (bicyclic) bond motifs is 5. The molecule has 3 heterocycles. The summed E-state index contributed by atoms with van der Waals surface area (Å²) in [5.74, 6) is -5.64. The third-order valence-corrected chi connectivity index (χ3v) is 12.9. The predicted octanol–water partition coefficient (Wildman–Crippen LogP) is -1.84. The van der Waals surface area contributed by atoms with Crippen LogP contribution in [0.25, 0.3) is 0 Å². The molecule has 7 rings (SSSR count). The van der Waals surface area contributed by atoms with Gasteiger partial charge in [0.05, 0.1) is 35.4 Å². The Morgan fingerprint density at radius 3 is 2.22 bits per heavy atom. The monoisotopic (exact) mass is 525 g/mol. The van der Waals surface area contributed by atoms with Crippen molar-refractivity contribution in [1.29, 1.82) is 0 Å². The van der Waals surface area contributed by atoms with Gasteiger partial charge >= 0.3 is 0 Å². The maximum Gasteiger partial charge on any atom is 0.198 e. The molecule has 37 heavy (non-hydrogen) atoms. The van der Waals surface area contributed by atoms with Gasteiger partial charge in [0.15, 0.2) is 5.79 Å². The van der Waals surface area contributed by atoms with Crippen LogP contribution in [-0.2, 0) is 4.74 Å². The third kappa shape index (κ3) is 2.59. The molecule has 4 aliphatic carbocycles. The maximum absolute atomic E-state index is 12.5. The van der Waals surface area contributed by atoms with Gasteiger partial charge < -0.3 is 45.6 Å². The van der Waals surface area contributed by atoms with Crippen LogP contribution < -0.4 is 0 Å². The molecule has 210 valence electrons. The van der Waals surface area contributed by atoms with Gasteiger partial charge in [-0.1, -0.05) is 13.8 Å². The number of piperidine rings is 2. The van der Waals surface area contributed by atoms with Crippen molar-refractivity contribution in [3.8, 4) is 0 Å². The Morgan fingerprint density at radius 2 is 1.51 bits per heavy atom. The molecule has 17 atom stereocenters. The number of rotatable bonds is 0. The van der Waals surface area contributed by atoms with E-state index < -0.39 is 88.1 Å². The third-order valence-electron chi connectivity index (χ3n) is 12.9. The molecule has 10 nitrogen and oxygen atoms in total. The number of hydrogen-bond acceptors (Lipinski definition) is 10. The molecule has 8 N–H and O–H groups in total. The minimum atomic E-state index is -2.10. The highest BCUT2D eigenvalue weighted by molar-refractivity contribution is 5.34. The lowest BCUT2D eigenvalue weighted by atomic mass is 9.48. The van der Waals surface area contributed by atoms with Crippen LogP contribution in [0.5, 0.6) is 0 Å². The van der Waals surface area contributed by atoms with E-state index in [9.17, 15) is 40.9 Å². The molecule has 0 aromatic carbocycles. The van der Waals surface area contributed by atoms with Crippen LogP contribution in [0.1, 0.15) is 52.9 Å². The van der Waals surface area contributed by atoms with Gasteiger partial charge in [-0.05, 0) is 56.8 Å². The summed E-state index contributed by atoms with van der Waals surface area (Å²) in [6.45, 7) is 7.08. The minimum Gasteiger partial charge on any atom is -0.390 e. The fourth-order valence-corrected chi connectivity index (χ4v) is 11.4. The summed E-state index contributed by atoms with van der Waals surface area (Å²) in [6, 6.07) is -0.174. The first-order chi connectivity index (χ1) is 17.2. The van der Waals surface area contributed by atoms with Crippen molar-refractivity contribution in [2.75, 3.05) is 13.1 Å². The number of ether oxygens (including phenoxy) is 1. The normalized spacial score (nSPS) is 68.5. The molecule has 0 amide bonds. The van der Waals surface area contributed by atoms with Gasteiger partial charge in [-0.3, -0.25) is 4.90 Å². The van der Waals surface area contributed by atoms with Gasteiger partial charge in [0, 0.05) is 36.4 Å². The Bertz CT molecular complexity index is 997. The number of hydrogen-bond donors (Lipinski definition) is 8. The highest BCUT2D eigenvalue weighted by atomic mass is 16.7. The summed E-state index contributed by atoms with van der Waals surface area (Å²) >= 11 is 0. The molecule has 7 aliphatic rings. The zero-order valence-electron chi connectivity index (χ0n) is 21.8. The summed E-state index contributed by atoms with van der Waals surface area (Å²) in [4.78, 5) is 2.25. The lowest BCUT2D eigenvalue weighted by Gasteiger charge is -2.63. The molecule has 3 saturated heterocycles. The first-order valence-electron chi connectivity index (χ1n) is 14.2. The van der Waals surface area contributed by atoms with E-state index in [1.807, 2.05) is 6.92 Å². The summed E-state index contributed by atoms with van der Waals surface area (Å²) in [6.07, 6.45) is -4.91. The zero-order chi connectivity index (χ0) is 26.7. The van der Waals surface area contributed by atoms with E-state index in [0.717, 1.165) is 19.4 Å². The van der Waals surface area contributed by atoms with Gasteiger partial charge in [0.25, 0.3) is 0 Å². The highest BCUT2D eigenvalue weighted by Crippen LogP contribution is 2.76. The van der Waals surface area contributed by atoms with Crippen LogP contribution in [0.2, 0.25) is 0 Å². The molecule has 0 unspecified atom stereocenters. The lowest BCUT2D eigenvalue weighted by molar-refractivity contribution is -0.296. The van der Waals surface area contributed by atoms with Crippen molar-refractivity contribution in [2.24, 2.45) is 40.9 Å². The largest absolute Gasteiger partial charge is 0.390 e. The quantitative estimate of drug-likeness (QED) is 0.179. The van der Waals surface area contributed by atoms with Crippen LogP contribution >= 0.6 is 0 Å².